The smallest absolute Gasteiger partial charge is 0.225 e. The first-order valence-corrected chi connectivity index (χ1v) is 7.32. The van der Waals surface area contributed by atoms with Gasteiger partial charge in [0.1, 0.15) is 0 Å². The average Bonchev–Trinajstić information content (AvgIpc) is 3.18. The third kappa shape index (κ3) is 3.92. The number of nitrogens with one attached hydrogen (secondary N) is 1. The van der Waals surface area contributed by atoms with E-state index in [1.165, 1.54) is 0 Å². The van der Waals surface area contributed by atoms with Crippen molar-refractivity contribution >= 4 is 11.6 Å². The summed E-state index contributed by atoms with van der Waals surface area (Å²) in [5, 5.41) is 7.11. The highest BCUT2D eigenvalue weighted by Crippen LogP contribution is 2.32. The minimum atomic E-state index is -0.00867. The first kappa shape index (κ1) is 13.8. The van der Waals surface area contributed by atoms with Gasteiger partial charge in [-0.1, -0.05) is 12.1 Å². The number of benzene rings is 1. The molecule has 1 aromatic carbocycles. The lowest BCUT2D eigenvalue weighted by atomic mass is 10.1. The molecule has 0 aliphatic heterocycles. The molecule has 1 saturated carbocycles. The largest absolute Gasteiger partial charge is 0.327 e. The molecule has 1 aliphatic rings. The zero-order chi connectivity index (χ0) is 14.7. The summed E-state index contributed by atoms with van der Waals surface area (Å²) in [5.74, 6) is 0.535. The quantitative estimate of drug-likeness (QED) is 0.852. The average molecular weight is 284 g/mol. The second kappa shape index (κ2) is 6.10. The van der Waals surface area contributed by atoms with Crippen molar-refractivity contribution in [2.75, 3.05) is 5.32 Å². The van der Waals surface area contributed by atoms with Crippen molar-refractivity contribution in [1.29, 1.82) is 0 Å². The van der Waals surface area contributed by atoms with Crippen LogP contribution in [0.25, 0.3) is 0 Å². The highest BCUT2D eigenvalue weighted by molar-refractivity contribution is 5.91. The Morgan fingerprint density at radius 2 is 2.29 bits per heavy atom. The maximum absolute atomic E-state index is 12.0. The number of nitrogens with two attached hydrogens (primary N) is 1. The third-order valence-electron chi connectivity index (χ3n) is 3.76. The van der Waals surface area contributed by atoms with Crippen LogP contribution in [-0.2, 0) is 11.3 Å². The van der Waals surface area contributed by atoms with E-state index in [-0.39, 0.29) is 11.9 Å². The van der Waals surface area contributed by atoms with Gasteiger partial charge in [0.2, 0.25) is 5.91 Å². The van der Waals surface area contributed by atoms with E-state index in [4.69, 9.17) is 5.73 Å². The molecule has 0 saturated heterocycles. The second-order valence-electron chi connectivity index (χ2n) is 5.66. The van der Waals surface area contributed by atoms with Crippen molar-refractivity contribution in [2.45, 2.75) is 31.8 Å². The van der Waals surface area contributed by atoms with Crippen molar-refractivity contribution in [3.05, 3.63) is 48.3 Å². The summed E-state index contributed by atoms with van der Waals surface area (Å²) in [6, 6.07) is 9.72. The third-order valence-corrected chi connectivity index (χ3v) is 3.76. The number of carbonyl (C=O) groups is 1. The molecule has 0 bridgehead atoms. The number of hydrogen-bond acceptors (Lipinski definition) is 3. The van der Waals surface area contributed by atoms with Gasteiger partial charge in [-0.3, -0.25) is 9.48 Å². The molecule has 1 aromatic heterocycles. The minimum Gasteiger partial charge on any atom is -0.327 e. The van der Waals surface area contributed by atoms with Crippen molar-refractivity contribution in [3.8, 4) is 0 Å². The molecule has 3 N–H and O–H groups in total. The summed E-state index contributed by atoms with van der Waals surface area (Å²) >= 11 is 0. The predicted molar refractivity (Wildman–Crippen MR) is 81.7 cm³/mol. The zero-order valence-corrected chi connectivity index (χ0v) is 11.9. The lowest BCUT2D eigenvalue weighted by Gasteiger charge is -2.11. The first-order valence-electron chi connectivity index (χ1n) is 7.32. The van der Waals surface area contributed by atoms with Gasteiger partial charge in [0, 0.05) is 30.5 Å². The van der Waals surface area contributed by atoms with Gasteiger partial charge in [-0.05, 0) is 42.5 Å². The summed E-state index contributed by atoms with van der Waals surface area (Å²) in [6.07, 6.45) is 6.39. The van der Waals surface area contributed by atoms with Crippen LogP contribution < -0.4 is 11.1 Å². The highest BCUT2D eigenvalue weighted by Gasteiger charge is 2.29. The van der Waals surface area contributed by atoms with Gasteiger partial charge < -0.3 is 11.1 Å². The van der Waals surface area contributed by atoms with E-state index < -0.39 is 0 Å². The number of nitrogens with zero attached hydrogens (tertiary/aromatic N) is 2. The number of rotatable bonds is 6. The Bertz CT molecular complexity index is 604. The molecule has 3 rings (SSSR count). The van der Waals surface area contributed by atoms with E-state index in [1.807, 2.05) is 41.2 Å². The van der Waals surface area contributed by atoms with Gasteiger partial charge >= 0.3 is 0 Å². The van der Waals surface area contributed by atoms with Gasteiger partial charge in [-0.2, -0.15) is 5.10 Å². The number of carbonyl (C=O) groups excluding carboxylic acids is 1. The minimum absolute atomic E-state index is 0.00254. The fourth-order valence-corrected chi connectivity index (χ4v) is 2.45. The molecular weight excluding hydrogens is 264 g/mol. The van der Waals surface area contributed by atoms with E-state index in [0.29, 0.717) is 18.9 Å². The van der Waals surface area contributed by atoms with Crippen LogP contribution in [0.2, 0.25) is 0 Å². The van der Waals surface area contributed by atoms with Crippen LogP contribution in [0, 0.1) is 5.92 Å². The normalized spacial score (nSPS) is 15.7. The molecule has 21 heavy (non-hydrogen) atoms. The molecule has 1 aliphatic carbocycles. The number of anilines is 1. The Morgan fingerprint density at radius 1 is 1.43 bits per heavy atom. The van der Waals surface area contributed by atoms with Crippen LogP contribution >= 0.6 is 0 Å². The number of amides is 1. The molecule has 1 fully saturated rings. The molecule has 0 spiro atoms. The fraction of sp³-hybridized carbons (Fsp3) is 0.375. The topological polar surface area (TPSA) is 72.9 Å². The van der Waals surface area contributed by atoms with Crippen LogP contribution in [-0.4, -0.2) is 21.7 Å². The van der Waals surface area contributed by atoms with E-state index in [2.05, 4.69) is 10.4 Å². The van der Waals surface area contributed by atoms with Crippen molar-refractivity contribution < 1.29 is 4.79 Å². The summed E-state index contributed by atoms with van der Waals surface area (Å²) in [4.78, 5) is 12.0. The van der Waals surface area contributed by atoms with Gasteiger partial charge in [0.25, 0.3) is 0 Å². The number of aromatic nitrogens is 2. The van der Waals surface area contributed by atoms with Crippen LogP contribution in [0.3, 0.4) is 0 Å². The Hall–Kier alpha value is -2.14. The van der Waals surface area contributed by atoms with Crippen LogP contribution in [0.5, 0.6) is 0 Å². The fourth-order valence-electron chi connectivity index (χ4n) is 2.45. The van der Waals surface area contributed by atoms with Crippen molar-refractivity contribution in [2.24, 2.45) is 11.7 Å². The molecule has 5 heteroatoms. The molecule has 1 unspecified atom stereocenters. The van der Waals surface area contributed by atoms with Crippen LogP contribution in [0.1, 0.15) is 24.8 Å². The Kier molecular flexibility index (Phi) is 4.01. The number of hydrogen-bond donors (Lipinski definition) is 2. The van der Waals surface area contributed by atoms with E-state index in [0.717, 1.165) is 24.1 Å². The Balaban J connectivity index is 1.58. The molecule has 1 atom stereocenters. The van der Waals surface area contributed by atoms with E-state index >= 15 is 0 Å². The first-order chi connectivity index (χ1) is 10.2. The molecule has 110 valence electrons. The summed E-state index contributed by atoms with van der Waals surface area (Å²) in [5.41, 5.74) is 7.89. The van der Waals surface area contributed by atoms with Gasteiger partial charge in [0.05, 0.1) is 6.54 Å². The standard InChI is InChI=1S/C16H20N4O/c17-15(13-5-6-13)10-16(21)19-14-4-1-3-12(9-14)11-20-8-2-7-18-20/h1-4,7-9,13,15H,5-6,10-11,17H2,(H,19,21). The second-order valence-corrected chi connectivity index (χ2v) is 5.66. The summed E-state index contributed by atoms with van der Waals surface area (Å²) in [7, 11) is 0. The summed E-state index contributed by atoms with van der Waals surface area (Å²) < 4.78 is 1.85. The maximum Gasteiger partial charge on any atom is 0.225 e. The lowest BCUT2D eigenvalue weighted by molar-refractivity contribution is -0.116. The van der Waals surface area contributed by atoms with Gasteiger partial charge in [0.15, 0.2) is 0 Å². The SMILES string of the molecule is NC(CC(=O)Nc1cccc(Cn2cccn2)c1)C1CC1. The van der Waals surface area contributed by atoms with E-state index in [9.17, 15) is 4.79 Å². The monoisotopic (exact) mass is 284 g/mol. The molecule has 0 radical (unpaired) electrons. The van der Waals surface area contributed by atoms with E-state index in [1.54, 1.807) is 6.20 Å². The maximum atomic E-state index is 12.0. The summed E-state index contributed by atoms with van der Waals surface area (Å²) in [6.45, 7) is 0.693. The van der Waals surface area contributed by atoms with Gasteiger partial charge in [-0.15, -0.1) is 0 Å². The van der Waals surface area contributed by atoms with Crippen LogP contribution in [0.4, 0.5) is 5.69 Å². The Labute approximate surface area is 124 Å². The predicted octanol–water partition coefficient (Wildman–Crippen LogP) is 2.00. The van der Waals surface area contributed by atoms with Crippen molar-refractivity contribution in [3.63, 3.8) is 0 Å². The molecule has 2 aromatic rings. The molecule has 1 amide bonds. The zero-order valence-electron chi connectivity index (χ0n) is 11.9. The lowest BCUT2D eigenvalue weighted by Crippen LogP contribution is -2.28. The molecule has 1 heterocycles. The van der Waals surface area contributed by atoms with Crippen LogP contribution in [0.15, 0.2) is 42.7 Å². The highest BCUT2D eigenvalue weighted by atomic mass is 16.1. The molecule has 5 nitrogen and oxygen atoms in total. The molecular formula is C16H20N4O. The van der Waals surface area contributed by atoms with Crippen molar-refractivity contribution in [1.82, 2.24) is 9.78 Å². The van der Waals surface area contributed by atoms with Gasteiger partial charge in [-0.25, -0.2) is 0 Å². The Morgan fingerprint density at radius 3 is 3.00 bits per heavy atom.